The third-order valence-electron chi connectivity index (χ3n) is 3.10. The van der Waals surface area contributed by atoms with Gasteiger partial charge in [0.15, 0.2) is 0 Å². The van der Waals surface area contributed by atoms with E-state index in [2.05, 4.69) is 13.8 Å². The minimum absolute atomic E-state index is 0.0180. The van der Waals surface area contributed by atoms with E-state index in [4.69, 9.17) is 10.9 Å². The quantitative estimate of drug-likeness (QED) is 0.795. The molecule has 0 saturated heterocycles. The number of anilines is 2. The summed E-state index contributed by atoms with van der Waals surface area (Å²) in [5.41, 5.74) is 6.81. The molecule has 0 heterocycles. The maximum Gasteiger partial charge on any atom is 0.240 e. The lowest BCUT2D eigenvalue weighted by atomic mass is 10.1. The van der Waals surface area contributed by atoms with Crippen LogP contribution in [0.25, 0.3) is 0 Å². The number of nitrogens with zero attached hydrogens (tertiary/aromatic N) is 1. The molecule has 102 valence electrons. The van der Waals surface area contributed by atoms with Crippen molar-refractivity contribution in [2.24, 2.45) is 5.14 Å². The zero-order chi connectivity index (χ0) is 13.9. The van der Waals surface area contributed by atoms with E-state index in [0.717, 1.165) is 12.8 Å². The van der Waals surface area contributed by atoms with Crippen LogP contribution in [-0.2, 0) is 10.0 Å². The Balaban J connectivity index is 3.19. The molecule has 0 spiro atoms. The Bertz CT molecular complexity index is 514. The van der Waals surface area contributed by atoms with E-state index < -0.39 is 10.0 Å². The number of hydrogen-bond acceptors (Lipinski definition) is 4. The monoisotopic (exact) mass is 271 g/mol. The lowest BCUT2D eigenvalue weighted by molar-refractivity contribution is 0.597. The van der Waals surface area contributed by atoms with E-state index in [-0.39, 0.29) is 16.6 Å². The molecule has 0 aliphatic rings. The average Bonchev–Trinajstić information content (AvgIpc) is 2.27. The molecular weight excluding hydrogens is 250 g/mol. The second kappa shape index (κ2) is 5.58. The van der Waals surface area contributed by atoms with Gasteiger partial charge in [0.2, 0.25) is 10.0 Å². The Morgan fingerprint density at radius 2 is 2.00 bits per heavy atom. The molecule has 0 aliphatic carbocycles. The van der Waals surface area contributed by atoms with Crippen molar-refractivity contribution < 1.29 is 8.42 Å². The van der Waals surface area contributed by atoms with Gasteiger partial charge < -0.3 is 10.6 Å². The van der Waals surface area contributed by atoms with Crippen LogP contribution in [0.3, 0.4) is 0 Å². The first-order chi connectivity index (χ1) is 8.29. The zero-order valence-electron chi connectivity index (χ0n) is 11.1. The van der Waals surface area contributed by atoms with E-state index in [9.17, 15) is 8.42 Å². The van der Waals surface area contributed by atoms with Crippen LogP contribution in [0.2, 0.25) is 0 Å². The first-order valence-corrected chi connectivity index (χ1v) is 7.47. The Morgan fingerprint density at radius 3 is 2.50 bits per heavy atom. The largest absolute Gasteiger partial charge is 0.396 e. The predicted octanol–water partition coefficient (Wildman–Crippen LogP) is 1.54. The summed E-state index contributed by atoms with van der Waals surface area (Å²) in [5.74, 6) is 0. The van der Waals surface area contributed by atoms with Gasteiger partial charge in [-0.2, -0.15) is 0 Å². The number of primary sulfonamides is 1. The third kappa shape index (κ3) is 3.14. The Hall–Kier alpha value is -1.27. The standard InChI is InChI=1S/C12H21N3O2S/c1-4-6-9(2)15(3)10-7-5-8-11(12(10)13)18(14,16)17/h5,7-9H,4,6,13H2,1-3H3,(H2,14,16,17). The fourth-order valence-electron chi connectivity index (χ4n) is 1.94. The first kappa shape index (κ1) is 14.8. The van der Waals surface area contributed by atoms with Crippen LogP contribution < -0.4 is 15.8 Å². The van der Waals surface area contributed by atoms with Gasteiger partial charge in [-0.15, -0.1) is 0 Å². The molecule has 1 unspecified atom stereocenters. The number of hydrogen-bond donors (Lipinski definition) is 2. The molecule has 0 radical (unpaired) electrons. The van der Waals surface area contributed by atoms with Crippen LogP contribution in [-0.4, -0.2) is 21.5 Å². The summed E-state index contributed by atoms with van der Waals surface area (Å²) in [6.07, 6.45) is 2.07. The van der Waals surface area contributed by atoms with Crippen molar-refractivity contribution in [3.63, 3.8) is 0 Å². The molecule has 1 rings (SSSR count). The summed E-state index contributed by atoms with van der Waals surface area (Å²) >= 11 is 0. The summed E-state index contributed by atoms with van der Waals surface area (Å²) < 4.78 is 22.8. The first-order valence-electron chi connectivity index (χ1n) is 5.93. The lowest BCUT2D eigenvalue weighted by Gasteiger charge is -2.28. The Labute approximate surface area is 109 Å². The number of rotatable bonds is 5. The predicted molar refractivity (Wildman–Crippen MR) is 75.0 cm³/mol. The van der Waals surface area contributed by atoms with Crippen molar-refractivity contribution in [3.8, 4) is 0 Å². The average molecular weight is 271 g/mol. The van der Waals surface area contributed by atoms with E-state index in [1.54, 1.807) is 12.1 Å². The molecule has 1 aromatic rings. The Morgan fingerprint density at radius 1 is 1.39 bits per heavy atom. The maximum atomic E-state index is 11.4. The van der Waals surface area contributed by atoms with Gasteiger partial charge in [0.05, 0.1) is 11.4 Å². The fraction of sp³-hybridized carbons (Fsp3) is 0.500. The van der Waals surface area contributed by atoms with Crippen molar-refractivity contribution in [1.29, 1.82) is 0 Å². The molecule has 0 fully saturated rings. The topological polar surface area (TPSA) is 89.4 Å². The van der Waals surface area contributed by atoms with E-state index in [1.807, 2.05) is 11.9 Å². The van der Waals surface area contributed by atoms with Gasteiger partial charge in [0, 0.05) is 13.1 Å². The van der Waals surface area contributed by atoms with Crippen LogP contribution in [0.4, 0.5) is 11.4 Å². The number of nitrogens with two attached hydrogens (primary N) is 2. The van der Waals surface area contributed by atoms with Gasteiger partial charge >= 0.3 is 0 Å². The fourth-order valence-corrected chi connectivity index (χ4v) is 2.62. The third-order valence-corrected chi connectivity index (χ3v) is 4.07. The van der Waals surface area contributed by atoms with Crippen molar-refractivity contribution in [3.05, 3.63) is 18.2 Å². The second-order valence-electron chi connectivity index (χ2n) is 4.48. The molecule has 4 N–H and O–H groups in total. The summed E-state index contributed by atoms with van der Waals surface area (Å²) in [4.78, 5) is 1.96. The molecule has 18 heavy (non-hydrogen) atoms. The van der Waals surface area contributed by atoms with Gasteiger partial charge in [0.25, 0.3) is 0 Å². The molecule has 5 nitrogen and oxygen atoms in total. The highest BCUT2D eigenvalue weighted by molar-refractivity contribution is 7.89. The summed E-state index contributed by atoms with van der Waals surface area (Å²) in [6.45, 7) is 4.18. The minimum atomic E-state index is -3.78. The van der Waals surface area contributed by atoms with Crippen molar-refractivity contribution in [2.45, 2.75) is 37.6 Å². The van der Waals surface area contributed by atoms with Gasteiger partial charge in [-0.25, -0.2) is 13.6 Å². The number of para-hydroxylation sites is 1. The van der Waals surface area contributed by atoms with Gasteiger partial charge in [-0.3, -0.25) is 0 Å². The Kier molecular flexibility index (Phi) is 4.59. The van der Waals surface area contributed by atoms with Crippen LogP contribution in [0, 0.1) is 0 Å². The summed E-state index contributed by atoms with van der Waals surface area (Å²) in [7, 11) is -1.88. The molecule has 0 amide bonds. The zero-order valence-corrected chi connectivity index (χ0v) is 11.9. The number of benzene rings is 1. The molecule has 0 saturated carbocycles. The minimum Gasteiger partial charge on any atom is -0.396 e. The lowest BCUT2D eigenvalue weighted by Crippen LogP contribution is -2.29. The molecule has 0 aliphatic heterocycles. The van der Waals surface area contributed by atoms with Crippen molar-refractivity contribution in [1.82, 2.24) is 0 Å². The molecule has 1 aromatic carbocycles. The van der Waals surface area contributed by atoms with Crippen LogP contribution in [0.5, 0.6) is 0 Å². The molecule has 1 atom stereocenters. The highest BCUT2D eigenvalue weighted by atomic mass is 32.2. The van der Waals surface area contributed by atoms with E-state index in [1.165, 1.54) is 6.07 Å². The normalized spacial score (nSPS) is 13.3. The molecular formula is C12H21N3O2S. The van der Waals surface area contributed by atoms with E-state index in [0.29, 0.717) is 5.69 Å². The summed E-state index contributed by atoms with van der Waals surface area (Å²) in [5, 5.41) is 5.14. The highest BCUT2D eigenvalue weighted by Crippen LogP contribution is 2.30. The van der Waals surface area contributed by atoms with E-state index >= 15 is 0 Å². The number of nitrogen functional groups attached to an aromatic ring is 1. The van der Waals surface area contributed by atoms with Gasteiger partial charge in [0.1, 0.15) is 4.90 Å². The van der Waals surface area contributed by atoms with Gasteiger partial charge in [-0.1, -0.05) is 19.4 Å². The molecule has 0 bridgehead atoms. The van der Waals surface area contributed by atoms with Crippen LogP contribution in [0.1, 0.15) is 26.7 Å². The number of sulfonamides is 1. The van der Waals surface area contributed by atoms with Crippen molar-refractivity contribution in [2.75, 3.05) is 17.7 Å². The SMILES string of the molecule is CCCC(C)N(C)c1cccc(S(N)(=O)=O)c1N. The van der Waals surface area contributed by atoms with Crippen LogP contribution in [0.15, 0.2) is 23.1 Å². The summed E-state index contributed by atoms with van der Waals surface area (Å²) in [6, 6.07) is 5.16. The second-order valence-corrected chi connectivity index (χ2v) is 6.01. The maximum absolute atomic E-state index is 11.4. The highest BCUT2D eigenvalue weighted by Gasteiger charge is 2.18. The smallest absolute Gasteiger partial charge is 0.240 e. The molecule has 0 aromatic heterocycles. The molecule has 6 heteroatoms. The van der Waals surface area contributed by atoms with Crippen LogP contribution >= 0.6 is 0 Å². The van der Waals surface area contributed by atoms with Crippen molar-refractivity contribution >= 4 is 21.4 Å². The van der Waals surface area contributed by atoms with Gasteiger partial charge in [-0.05, 0) is 25.5 Å².